The summed E-state index contributed by atoms with van der Waals surface area (Å²) >= 11 is 0. The van der Waals surface area contributed by atoms with Crippen molar-refractivity contribution >= 4 is 5.91 Å². The molecular weight excluding hydrogens is 273 g/mol. The second-order valence-corrected chi connectivity index (χ2v) is 5.26. The highest BCUT2D eigenvalue weighted by Gasteiger charge is 2.27. The second-order valence-electron chi connectivity index (χ2n) is 5.26. The Hall–Kier alpha value is -2.24. The molecule has 1 atom stereocenters. The van der Waals surface area contributed by atoms with E-state index < -0.39 is 0 Å². The van der Waals surface area contributed by atoms with Crippen molar-refractivity contribution < 1.29 is 13.6 Å². The van der Waals surface area contributed by atoms with Crippen LogP contribution in [0.15, 0.2) is 28.7 Å². The largest absolute Gasteiger partial charge is 0.420 e. The van der Waals surface area contributed by atoms with Crippen molar-refractivity contribution in [3.8, 4) is 11.5 Å². The maximum Gasteiger partial charge on any atom is 0.247 e. The van der Waals surface area contributed by atoms with Crippen LogP contribution in [0.2, 0.25) is 0 Å². The van der Waals surface area contributed by atoms with Crippen LogP contribution in [0.5, 0.6) is 0 Å². The number of benzene rings is 1. The number of amides is 1. The van der Waals surface area contributed by atoms with Crippen LogP contribution < -0.4 is 0 Å². The topological polar surface area (TPSA) is 59.2 Å². The molecule has 1 amide bonds. The number of likely N-dealkylation sites (tertiary alicyclic amines) is 1. The Kier molecular flexibility index (Phi) is 3.68. The molecule has 1 aromatic heterocycles. The van der Waals surface area contributed by atoms with E-state index in [-0.39, 0.29) is 17.6 Å². The maximum absolute atomic E-state index is 12.9. The van der Waals surface area contributed by atoms with Gasteiger partial charge < -0.3 is 9.32 Å². The minimum atomic E-state index is -0.303. The molecule has 6 heteroatoms. The summed E-state index contributed by atoms with van der Waals surface area (Å²) in [5, 5.41) is 8.10. The monoisotopic (exact) mass is 289 g/mol. The first kappa shape index (κ1) is 13.7. The van der Waals surface area contributed by atoms with E-state index in [2.05, 4.69) is 10.2 Å². The van der Waals surface area contributed by atoms with Gasteiger partial charge in [0.2, 0.25) is 17.7 Å². The van der Waals surface area contributed by atoms with Crippen molar-refractivity contribution in [3.63, 3.8) is 0 Å². The fraction of sp³-hybridized carbons (Fsp3) is 0.400. The minimum absolute atomic E-state index is 0.0676. The van der Waals surface area contributed by atoms with Crippen molar-refractivity contribution in [2.24, 2.45) is 0 Å². The molecule has 3 rings (SSSR count). The van der Waals surface area contributed by atoms with Crippen molar-refractivity contribution in [2.45, 2.75) is 25.7 Å². The van der Waals surface area contributed by atoms with Gasteiger partial charge in [0.15, 0.2) is 0 Å². The number of hydrogen-bond donors (Lipinski definition) is 0. The Labute approximate surface area is 121 Å². The minimum Gasteiger partial charge on any atom is -0.420 e. The zero-order chi connectivity index (χ0) is 14.8. The molecule has 1 fully saturated rings. The van der Waals surface area contributed by atoms with Gasteiger partial charge >= 0.3 is 0 Å². The van der Waals surface area contributed by atoms with Gasteiger partial charge in [0.1, 0.15) is 5.82 Å². The summed E-state index contributed by atoms with van der Waals surface area (Å²) in [7, 11) is 0. The van der Waals surface area contributed by atoms with Gasteiger partial charge in [-0.05, 0) is 37.1 Å². The summed E-state index contributed by atoms with van der Waals surface area (Å²) in [6, 6.07) is 5.93. The van der Waals surface area contributed by atoms with Crippen LogP contribution in [0, 0.1) is 5.82 Å². The van der Waals surface area contributed by atoms with Gasteiger partial charge in [-0.25, -0.2) is 4.39 Å². The number of carbonyl (C=O) groups is 1. The maximum atomic E-state index is 12.9. The molecular formula is C15H16FN3O2. The Morgan fingerprint density at radius 1 is 1.33 bits per heavy atom. The lowest BCUT2D eigenvalue weighted by Crippen LogP contribution is -2.37. The molecule has 0 radical (unpaired) electrons. The third-order valence-corrected chi connectivity index (χ3v) is 3.75. The van der Waals surface area contributed by atoms with E-state index in [9.17, 15) is 9.18 Å². The fourth-order valence-electron chi connectivity index (χ4n) is 2.57. The second kappa shape index (κ2) is 5.63. The Balaban J connectivity index is 1.78. The average molecular weight is 289 g/mol. The molecule has 5 nitrogen and oxygen atoms in total. The number of nitrogens with zero attached hydrogens (tertiary/aromatic N) is 3. The standard InChI is InChI=1S/C15H16FN3O2/c1-10(20)19-8-2-3-12(9-19)15-18-17-14(21-15)11-4-6-13(16)7-5-11/h4-7,12H,2-3,8-9H2,1H3. The quantitative estimate of drug-likeness (QED) is 0.852. The first-order valence-electron chi connectivity index (χ1n) is 6.98. The van der Waals surface area contributed by atoms with Crippen molar-refractivity contribution in [3.05, 3.63) is 36.0 Å². The summed E-state index contributed by atoms with van der Waals surface area (Å²) in [5.74, 6) is 0.760. The zero-order valence-electron chi connectivity index (χ0n) is 11.8. The third-order valence-electron chi connectivity index (χ3n) is 3.75. The Morgan fingerprint density at radius 3 is 2.81 bits per heavy atom. The van der Waals surface area contributed by atoms with Crippen LogP contribution in [-0.2, 0) is 4.79 Å². The van der Waals surface area contributed by atoms with Crippen LogP contribution in [0.4, 0.5) is 4.39 Å². The molecule has 0 spiro atoms. The number of carbonyl (C=O) groups excluding carboxylic acids is 1. The number of aromatic nitrogens is 2. The molecule has 1 aromatic carbocycles. The number of halogens is 1. The summed E-state index contributed by atoms with van der Waals surface area (Å²) in [6.45, 7) is 2.96. The van der Waals surface area contributed by atoms with E-state index in [1.165, 1.54) is 12.1 Å². The molecule has 1 aliphatic rings. The molecule has 1 aliphatic heterocycles. The van der Waals surface area contributed by atoms with E-state index in [4.69, 9.17) is 4.42 Å². The van der Waals surface area contributed by atoms with Crippen molar-refractivity contribution in [1.29, 1.82) is 0 Å². The van der Waals surface area contributed by atoms with Gasteiger partial charge in [-0.3, -0.25) is 4.79 Å². The molecule has 1 unspecified atom stereocenters. The number of rotatable bonds is 2. The van der Waals surface area contributed by atoms with Gasteiger partial charge in [0.05, 0.1) is 5.92 Å². The molecule has 0 bridgehead atoms. The van der Waals surface area contributed by atoms with Crippen LogP contribution >= 0.6 is 0 Å². The molecule has 0 N–H and O–H groups in total. The Bertz CT molecular complexity index is 639. The van der Waals surface area contributed by atoms with Crippen LogP contribution in [0.1, 0.15) is 31.6 Å². The van der Waals surface area contributed by atoms with E-state index >= 15 is 0 Å². The van der Waals surface area contributed by atoms with Gasteiger partial charge in [0.25, 0.3) is 0 Å². The van der Waals surface area contributed by atoms with Crippen LogP contribution in [0.3, 0.4) is 0 Å². The lowest BCUT2D eigenvalue weighted by Gasteiger charge is -2.30. The highest BCUT2D eigenvalue weighted by Crippen LogP contribution is 2.28. The first-order valence-corrected chi connectivity index (χ1v) is 6.98. The molecule has 21 heavy (non-hydrogen) atoms. The molecule has 1 saturated heterocycles. The van der Waals surface area contributed by atoms with Crippen molar-refractivity contribution in [2.75, 3.05) is 13.1 Å². The average Bonchev–Trinajstić information content (AvgIpc) is 2.98. The predicted octanol–water partition coefficient (Wildman–Crippen LogP) is 2.60. The SMILES string of the molecule is CC(=O)N1CCCC(c2nnc(-c3ccc(F)cc3)o2)C1. The molecule has 110 valence electrons. The van der Waals surface area contributed by atoms with Crippen molar-refractivity contribution in [1.82, 2.24) is 15.1 Å². The van der Waals surface area contributed by atoms with E-state index in [0.717, 1.165) is 19.4 Å². The van der Waals surface area contributed by atoms with Gasteiger partial charge in [-0.2, -0.15) is 0 Å². The summed E-state index contributed by atoms with van der Waals surface area (Å²) in [4.78, 5) is 13.3. The highest BCUT2D eigenvalue weighted by molar-refractivity contribution is 5.73. The number of piperidine rings is 1. The van der Waals surface area contributed by atoms with Gasteiger partial charge in [-0.15, -0.1) is 10.2 Å². The Morgan fingerprint density at radius 2 is 2.10 bits per heavy atom. The lowest BCUT2D eigenvalue weighted by molar-refractivity contribution is -0.130. The predicted molar refractivity (Wildman–Crippen MR) is 73.9 cm³/mol. The summed E-state index contributed by atoms with van der Waals surface area (Å²) < 4.78 is 18.6. The van der Waals surface area contributed by atoms with Gasteiger partial charge in [0, 0.05) is 25.6 Å². The fourth-order valence-corrected chi connectivity index (χ4v) is 2.57. The normalized spacial score (nSPS) is 18.8. The smallest absolute Gasteiger partial charge is 0.247 e. The van der Waals surface area contributed by atoms with E-state index in [1.54, 1.807) is 24.0 Å². The first-order chi connectivity index (χ1) is 10.1. The zero-order valence-corrected chi connectivity index (χ0v) is 11.8. The highest BCUT2D eigenvalue weighted by atomic mass is 19.1. The van der Waals surface area contributed by atoms with E-state index in [1.807, 2.05) is 0 Å². The van der Waals surface area contributed by atoms with Crippen LogP contribution in [-0.4, -0.2) is 34.1 Å². The van der Waals surface area contributed by atoms with Crippen LogP contribution in [0.25, 0.3) is 11.5 Å². The van der Waals surface area contributed by atoms with Gasteiger partial charge in [-0.1, -0.05) is 0 Å². The molecule has 2 heterocycles. The third kappa shape index (κ3) is 2.94. The molecule has 0 aliphatic carbocycles. The van der Waals surface area contributed by atoms with E-state index in [0.29, 0.717) is 23.9 Å². The molecule has 0 saturated carbocycles. The summed E-state index contributed by atoms with van der Waals surface area (Å²) in [5.41, 5.74) is 0.689. The number of hydrogen-bond acceptors (Lipinski definition) is 4. The lowest BCUT2D eigenvalue weighted by atomic mass is 9.98. The molecule has 2 aromatic rings. The summed E-state index contributed by atoms with van der Waals surface area (Å²) in [6.07, 6.45) is 1.85.